The molecule has 5 rings (SSSR count). The third kappa shape index (κ3) is 9.25. The second kappa shape index (κ2) is 15.5. The molecular formula is C36H34NO6PS. The minimum absolute atomic E-state index is 0.00225. The molecule has 1 unspecified atom stereocenters. The van der Waals surface area contributed by atoms with Gasteiger partial charge in [0.1, 0.15) is 29.9 Å². The van der Waals surface area contributed by atoms with Crippen LogP contribution in [0.15, 0.2) is 128 Å². The number of benzene rings is 4. The number of hydrogen-bond acceptors (Lipinski definition) is 7. The van der Waals surface area contributed by atoms with E-state index < -0.39 is 25.5 Å². The van der Waals surface area contributed by atoms with Crippen molar-refractivity contribution in [3.63, 3.8) is 0 Å². The van der Waals surface area contributed by atoms with Crippen molar-refractivity contribution in [1.82, 2.24) is 5.09 Å². The smallest absolute Gasteiger partial charge is 0.348 e. The van der Waals surface area contributed by atoms with Gasteiger partial charge in [0.05, 0.1) is 6.16 Å². The summed E-state index contributed by atoms with van der Waals surface area (Å²) in [4.78, 5) is 26.4. The second-order valence-corrected chi connectivity index (χ2v) is 13.6. The molecule has 0 aliphatic carbocycles. The maximum Gasteiger partial charge on any atom is 0.348 e. The lowest BCUT2D eigenvalue weighted by atomic mass is 10.1. The number of hydrogen-bond donors (Lipinski definition) is 1. The van der Waals surface area contributed by atoms with Gasteiger partial charge in [0.15, 0.2) is 0 Å². The van der Waals surface area contributed by atoms with Gasteiger partial charge in [-0.3, -0.25) is 9.36 Å². The van der Waals surface area contributed by atoms with Crippen molar-refractivity contribution in [1.29, 1.82) is 0 Å². The molecule has 1 heterocycles. The van der Waals surface area contributed by atoms with Crippen molar-refractivity contribution in [2.75, 3.05) is 6.61 Å². The predicted molar refractivity (Wildman–Crippen MR) is 179 cm³/mol. The summed E-state index contributed by atoms with van der Waals surface area (Å²) in [5.74, 6) is -0.521. The minimum atomic E-state index is -3.75. The first-order valence-electron chi connectivity index (χ1n) is 14.6. The molecule has 4 aromatic carbocycles. The normalized spacial score (nSPS) is 13.0. The van der Waals surface area contributed by atoms with Crippen molar-refractivity contribution in [2.24, 2.45) is 0 Å². The van der Waals surface area contributed by atoms with E-state index in [0.29, 0.717) is 23.5 Å². The van der Waals surface area contributed by atoms with Crippen molar-refractivity contribution in [3.8, 4) is 5.75 Å². The highest BCUT2D eigenvalue weighted by molar-refractivity contribution is 7.56. The number of para-hydroxylation sites is 1. The summed E-state index contributed by atoms with van der Waals surface area (Å²) in [5.41, 5.74) is 2.62. The first-order valence-corrected chi connectivity index (χ1v) is 17.2. The van der Waals surface area contributed by atoms with Crippen LogP contribution in [0.2, 0.25) is 0 Å². The average Bonchev–Trinajstić information content (AvgIpc) is 3.49. The number of fused-ring (bicyclic) bond motifs is 1. The number of carbonyl (C=O) groups excluding carboxylic acids is 2. The van der Waals surface area contributed by atoms with Gasteiger partial charge in [-0.1, -0.05) is 97.6 Å². The summed E-state index contributed by atoms with van der Waals surface area (Å²) in [6.45, 7) is 3.80. The van der Waals surface area contributed by atoms with Crippen molar-refractivity contribution < 1.29 is 28.2 Å². The summed E-state index contributed by atoms with van der Waals surface area (Å²) in [5, 5.41) is 3.92. The lowest BCUT2D eigenvalue weighted by Crippen LogP contribution is -2.38. The Labute approximate surface area is 267 Å². The van der Waals surface area contributed by atoms with Gasteiger partial charge >= 0.3 is 19.5 Å². The van der Waals surface area contributed by atoms with E-state index in [2.05, 4.69) is 11.7 Å². The van der Waals surface area contributed by atoms with Gasteiger partial charge in [-0.25, -0.2) is 9.88 Å². The van der Waals surface area contributed by atoms with E-state index in [-0.39, 0.29) is 19.4 Å². The fraction of sp³-hybridized carbons (Fsp3) is 0.167. The van der Waals surface area contributed by atoms with Crippen LogP contribution in [-0.2, 0) is 38.0 Å². The number of nitrogens with one attached hydrogen (secondary N) is 1. The maximum absolute atomic E-state index is 14.7. The Morgan fingerprint density at radius 3 is 2.18 bits per heavy atom. The topological polar surface area (TPSA) is 90.9 Å². The molecule has 0 saturated carbocycles. The molecule has 0 amide bonds. The highest BCUT2D eigenvalue weighted by atomic mass is 32.1. The van der Waals surface area contributed by atoms with E-state index in [4.69, 9.17) is 14.0 Å². The molecule has 0 aliphatic heterocycles. The molecular weight excluding hydrogens is 605 g/mol. The van der Waals surface area contributed by atoms with Crippen LogP contribution >= 0.6 is 18.9 Å². The van der Waals surface area contributed by atoms with E-state index in [1.54, 1.807) is 30.3 Å². The number of rotatable bonds is 15. The largest absolute Gasteiger partial charge is 0.460 e. The lowest BCUT2D eigenvalue weighted by Gasteiger charge is -2.26. The first-order chi connectivity index (χ1) is 21.9. The molecule has 0 aliphatic rings. The third-order valence-corrected chi connectivity index (χ3v) is 10.0. The zero-order chi connectivity index (χ0) is 31.5. The summed E-state index contributed by atoms with van der Waals surface area (Å²) < 4.78 is 32.6. The van der Waals surface area contributed by atoms with Crippen LogP contribution in [0.1, 0.15) is 32.8 Å². The molecule has 230 valence electrons. The molecule has 45 heavy (non-hydrogen) atoms. The fourth-order valence-electron chi connectivity index (χ4n) is 4.75. The number of thiophene rings is 1. The van der Waals surface area contributed by atoms with Crippen LogP contribution in [0, 0.1) is 0 Å². The third-order valence-electron chi connectivity index (χ3n) is 6.93. The van der Waals surface area contributed by atoms with Gasteiger partial charge in [-0.15, -0.1) is 11.3 Å². The fourth-order valence-corrected chi connectivity index (χ4v) is 7.75. The SMILES string of the molecule is C=CCOC(=O)c1cc2cc(CP(=O)(N[C@@H](CCc3ccccc3)C(=O)OCc3ccccc3)Oc3ccccc3)ccc2s1. The molecule has 5 aromatic rings. The van der Waals surface area contributed by atoms with Gasteiger partial charge in [0.2, 0.25) is 0 Å². The van der Waals surface area contributed by atoms with Crippen molar-refractivity contribution in [2.45, 2.75) is 31.7 Å². The Kier molecular flexibility index (Phi) is 11.0. The van der Waals surface area contributed by atoms with Crippen LogP contribution in [0.4, 0.5) is 0 Å². The quantitative estimate of drug-likeness (QED) is 0.0699. The van der Waals surface area contributed by atoms with Crippen molar-refractivity contribution >= 4 is 40.9 Å². The Hall–Kier alpha value is -4.49. The molecule has 0 saturated heterocycles. The molecule has 7 nitrogen and oxygen atoms in total. The molecule has 0 radical (unpaired) electrons. The summed E-state index contributed by atoms with van der Waals surface area (Å²) in [6.07, 6.45) is 2.43. The van der Waals surface area contributed by atoms with Gasteiger partial charge in [-0.2, -0.15) is 0 Å². The van der Waals surface area contributed by atoms with Crippen LogP contribution in [0.25, 0.3) is 10.1 Å². The van der Waals surface area contributed by atoms with Crippen LogP contribution < -0.4 is 9.61 Å². The van der Waals surface area contributed by atoms with Gasteiger partial charge in [-0.05, 0) is 65.3 Å². The zero-order valence-electron chi connectivity index (χ0n) is 24.7. The maximum atomic E-state index is 14.7. The number of carbonyl (C=O) groups is 2. The van der Waals surface area contributed by atoms with E-state index in [1.807, 2.05) is 84.9 Å². The second-order valence-electron chi connectivity index (χ2n) is 10.4. The Bertz CT molecular complexity index is 1780. The molecule has 9 heteroatoms. The van der Waals surface area contributed by atoms with E-state index >= 15 is 0 Å². The molecule has 1 N–H and O–H groups in total. The van der Waals surface area contributed by atoms with Gasteiger partial charge in [0.25, 0.3) is 0 Å². The molecule has 0 bridgehead atoms. The Morgan fingerprint density at radius 2 is 1.49 bits per heavy atom. The Morgan fingerprint density at radius 1 is 0.822 bits per heavy atom. The van der Waals surface area contributed by atoms with Gasteiger partial charge < -0.3 is 14.0 Å². The first kappa shape index (κ1) is 31.9. The molecule has 0 fully saturated rings. The van der Waals surface area contributed by atoms with Crippen LogP contribution in [0.5, 0.6) is 5.75 Å². The predicted octanol–water partition coefficient (Wildman–Crippen LogP) is 8.35. The van der Waals surface area contributed by atoms with Crippen LogP contribution in [0.3, 0.4) is 0 Å². The molecule has 0 spiro atoms. The number of esters is 2. The van der Waals surface area contributed by atoms with E-state index in [1.165, 1.54) is 17.4 Å². The lowest BCUT2D eigenvalue weighted by molar-refractivity contribution is -0.147. The standard InChI is InChI=1S/C36H34NO6PS/c1-2-22-41-36(39)34-24-30-23-29(19-21-33(30)45-34)26-44(40,43-31-16-10-5-11-17-31)37-32(20-18-27-12-6-3-7-13-27)35(38)42-25-28-14-8-4-9-15-28/h2-17,19,21,23-24,32H,1,18,20,22,25-26H2,(H,37,40)/t32-,44?/m0/s1. The highest BCUT2D eigenvalue weighted by Gasteiger charge is 2.33. The minimum Gasteiger partial charge on any atom is -0.460 e. The summed E-state index contributed by atoms with van der Waals surface area (Å²) in [7, 11) is -3.75. The molecule has 2 atom stereocenters. The zero-order valence-corrected chi connectivity index (χ0v) is 26.4. The summed E-state index contributed by atoms with van der Waals surface area (Å²) in [6, 6.07) is 34.6. The average molecular weight is 640 g/mol. The monoisotopic (exact) mass is 639 g/mol. The van der Waals surface area contributed by atoms with E-state index in [0.717, 1.165) is 26.8 Å². The highest BCUT2D eigenvalue weighted by Crippen LogP contribution is 2.48. The summed E-state index contributed by atoms with van der Waals surface area (Å²) >= 11 is 1.32. The number of aryl methyl sites for hydroxylation is 1. The van der Waals surface area contributed by atoms with Crippen LogP contribution in [-0.4, -0.2) is 24.6 Å². The molecule has 1 aromatic heterocycles. The Balaban J connectivity index is 1.41. The number of ether oxygens (including phenoxy) is 2. The van der Waals surface area contributed by atoms with Crippen molar-refractivity contribution in [3.05, 3.63) is 149 Å². The van der Waals surface area contributed by atoms with Gasteiger partial charge in [0, 0.05) is 4.70 Å². The van der Waals surface area contributed by atoms with E-state index in [9.17, 15) is 14.2 Å².